The zero-order chi connectivity index (χ0) is 25.4. The second-order valence-corrected chi connectivity index (χ2v) is 9.65. The molecule has 0 radical (unpaired) electrons. The second-order valence-electron chi connectivity index (χ2n) is 9.65. The van der Waals surface area contributed by atoms with E-state index in [4.69, 9.17) is 9.84 Å². The van der Waals surface area contributed by atoms with Gasteiger partial charge in [-0.25, -0.2) is 4.79 Å². The van der Waals surface area contributed by atoms with Crippen molar-refractivity contribution >= 4 is 18.0 Å². The van der Waals surface area contributed by atoms with Gasteiger partial charge in [0, 0.05) is 18.9 Å². The van der Waals surface area contributed by atoms with E-state index >= 15 is 0 Å². The third kappa shape index (κ3) is 7.07. The van der Waals surface area contributed by atoms with Gasteiger partial charge < -0.3 is 20.5 Å². The Balaban J connectivity index is 1.58. The molecule has 1 aliphatic rings. The smallest absolute Gasteiger partial charge is 0.407 e. The minimum atomic E-state index is -0.883. The summed E-state index contributed by atoms with van der Waals surface area (Å²) in [6.07, 6.45) is 1.22. The average Bonchev–Trinajstić information content (AvgIpc) is 3.14. The van der Waals surface area contributed by atoms with Crippen molar-refractivity contribution in [1.29, 1.82) is 0 Å². The third-order valence-electron chi connectivity index (χ3n) is 6.36. The zero-order valence-electron chi connectivity index (χ0n) is 20.8. The highest BCUT2D eigenvalue weighted by Gasteiger charge is 2.30. The van der Waals surface area contributed by atoms with E-state index in [0.29, 0.717) is 25.2 Å². The van der Waals surface area contributed by atoms with Gasteiger partial charge in [-0.2, -0.15) is 0 Å². The van der Waals surface area contributed by atoms with Crippen LogP contribution in [0.25, 0.3) is 11.1 Å². The Hall–Kier alpha value is -3.35. The summed E-state index contributed by atoms with van der Waals surface area (Å²) in [5.41, 5.74) is 4.55. The number of carboxylic acid groups (broad SMARTS) is 1. The maximum absolute atomic E-state index is 12.8. The van der Waals surface area contributed by atoms with Gasteiger partial charge in [-0.05, 0) is 46.9 Å². The number of hydrogen-bond acceptors (Lipinski definition) is 4. The summed E-state index contributed by atoms with van der Waals surface area (Å²) in [4.78, 5) is 36.6. The van der Waals surface area contributed by atoms with Crippen LogP contribution in [0.3, 0.4) is 0 Å². The van der Waals surface area contributed by atoms with E-state index in [9.17, 15) is 14.4 Å². The highest BCUT2D eigenvalue weighted by atomic mass is 16.5. The molecular weight excluding hydrogens is 444 g/mol. The molecule has 0 fully saturated rings. The van der Waals surface area contributed by atoms with Crippen molar-refractivity contribution in [2.24, 2.45) is 11.8 Å². The number of carbonyl (C=O) groups excluding carboxylic acids is 2. The van der Waals surface area contributed by atoms with Crippen molar-refractivity contribution in [2.75, 3.05) is 13.2 Å². The number of carboxylic acids is 1. The number of benzene rings is 2. The molecular formula is C28H36N2O5. The topological polar surface area (TPSA) is 105 Å². The van der Waals surface area contributed by atoms with E-state index in [1.54, 1.807) is 0 Å². The number of fused-ring (bicyclic) bond motifs is 3. The van der Waals surface area contributed by atoms with Crippen LogP contribution in [0.2, 0.25) is 0 Å². The minimum Gasteiger partial charge on any atom is -0.481 e. The molecule has 2 atom stereocenters. The van der Waals surface area contributed by atoms with Crippen LogP contribution >= 0.6 is 0 Å². The fourth-order valence-electron chi connectivity index (χ4n) is 4.86. The number of aliphatic carboxylic acids is 1. The molecule has 0 aromatic heterocycles. The van der Waals surface area contributed by atoms with E-state index in [1.807, 2.05) is 45.0 Å². The maximum atomic E-state index is 12.8. The van der Waals surface area contributed by atoms with Crippen molar-refractivity contribution in [3.8, 4) is 11.1 Å². The first-order valence-corrected chi connectivity index (χ1v) is 12.4. The van der Waals surface area contributed by atoms with E-state index < -0.39 is 18.1 Å². The molecule has 0 saturated carbocycles. The summed E-state index contributed by atoms with van der Waals surface area (Å²) in [6.45, 7) is 6.42. The van der Waals surface area contributed by atoms with E-state index in [0.717, 1.165) is 22.3 Å². The van der Waals surface area contributed by atoms with E-state index in [2.05, 4.69) is 34.9 Å². The number of amides is 2. The first-order chi connectivity index (χ1) is 16.8. The number of ether oxygens (including phenoxy) is 1. The van der Waals surface area contributed by atoms with Gasteiger partial charge in [0.15, 0.2) is 0 Å². The number of nitrogens with one attached hydrogen (secondary N) is 2. The molecule has 35 heavy (non-hydrogen) atoms. The number of carbonyl (C=O) groups is 3. The molecule has 0 bridgehead atoms. The van der Waals surface area contributed by atoms with Crippen LogP contribution in [0.15, 0.2) is 48.5 Å². The van der Waals surface area contributed by atoms with Gasteiger partial charge in [0.25, 0.3) is 0 Å². The fourth-order valence-corrected chi connectivity index (χ4v) is 4.86. The second kappa shape index (κ2) is 12.4. The molecule has 2 aromatic rings. The van der Waals surface area contributed by atoms with Crippen LogP contribution in [0.1, 0.15) is 63.5 Å². The minimum absolute atomic E-state index is 0.00326. The number of alkyl carbamates (subject to hydrolysis) is 1. The first kappa shape index (κ1) is 26.3. The Bertz CT molecular complexity index is 990. The lowest BCUT2D eigenvalue weighted by atomic mass is 9.94. The largest absolute Gasteiger partial charge is 0.481 e. The molecule has 188 valence electrons. The van der Waals surface area contributed by atoms with Crippen molar-refractivity contribution in [2.45, 2.75) is 58.4 Å². The Kier molecular flexibility index (Phi) is 9.29. The molecule has 3 N–H and O–H groups in total. The maximum Gasteiger partial charge on any atom is 0.407 e. The molecule has 7 heteroatoms. The molecule has 0 spiro atoms. The lowest BCUT2D eigenvalue weighted by Crippen LogP contribution is -2.48. The van der Waals surface area contributed by atoms with Crippen LogP contribution < -0.4 is 10.6 Å². The quantitative estimate of drug-likeness (QED) is 0.399. The van der Waals surface area contributed by atoms with Gasteiger partial charge in [-0.1, -0.05) is 75.7 Å². The van der Waals surface area contributed by atoms with Gasteiger partial charge >= 0.3 is 12.1 Å². The zero-order valence-corrected chi connectivity index (χ0v) is 20.8. The molecule has 0 heterocycles. The third-order valence-corrected chi connectivity index (χ3v) is 6.36. The first-order valence-electron chi connectivity index (χ1n) is 12.4. The highest BCUT2D eigenvalue weighted by molar-refractivity contribution is 5.85. The Morgan fingerprint density at radius 3 is 2.14 bits per heavy atom. The van der Waals surface area contributed by atoms with Gasteiger partial charge in [0.1, 0.15) is 12.6 Å². The molecule has 0 unspecified atom stereocenters. The standard InChI is InChI=1S/C28H36N2O5/c1-4-9-25(27(33)29-16-19(14-18(2)3)15-26(31)32)30-28(34)35-17-24-22-12-7-5-10-20(22)21-11-6-8-13-23(21)24/h5-8,10-13,18-19,24-25H,4,9,14-17H2,1-3H3,(H,29,33)(H,30,34)(H,31,32)/t19-,25+/m0/s1. The highest BCUT2D eigenvalue weighted by Crippen LogP contribution is 2.44. The van der Waals surface area contributed by atoms with Gasteiger partial charge in [0.05, 0.1) is 0 Å². The molecule has 1 aliphatic carbocycles. The van der Waals surface area contributed by atoms with Gasteiger partial charge in [-0.3, -0.25) is 9.59 Å². The normalized spacial score (nSPS) is 14.1. The predicted molar refractivity (Wildman–Crippen MR) is 135 cm³/mol. The molecule has 2 aromatic carbocycles. The predicted octanol–water partition coefficient (Wildman–Crippen LogP) is 4.95. The molecule has 3 rings (SSSR count). The molecule has 0 saturated heterocycles. The van der Waals surface area contributed by atoms with Crippen LogP contribution in [-0.4, -0.2) is 42.3 Å². The Morgan fingerprint density at radius 2 is 1.60 bits per heavy atom. The van der Waals surface area contributed by atoms with Gasteiger partial charge in [-0.15, -0.1) is 0 Å². The average molecular weight is 481 g/mol. The summed E-state index contributed by atoms with van der Waals surface area (Å²) in [5, 5.41) is 14.7. The molecule has 7 nitrogen and oxygen atoms in total. The van der Waals surface area contributed by atoms with Crippen molar-refractivity contribution in [3.05, 3.63) is 59.7 Å². The Labute approximate surface area is 207 Å². The van der Waals surface area contributed by atoms with Crippen molar-refractivity contribution in [1.82, 2.24) is 10.6 Å². The number of rotatable bonds is 12. The fraction of sp³-hybridized carbons (Fsp3) is 0.464. The van der Waals surface area contributed by atoms with Crippen LogP contribution in [-0.2, 0) is 14.3 Å². The summed E-state index contributed by atoms with van der Waals surface area (Å²) >= 11 is 0. The summed E-state index contributed by atoms with van der Waals surface area (Å²) < 4.78 is 5.59. The lowest BCUT2D eigenvalue weighted by molar-refractivity contribution is -0.138. The van der Waals surface area contributed by atoms with Crippen LogP contribution in [0.4, 0.5) is 4.79 Å². The Morgan fingerprint density at radius 1 is 1.00 bits per heavy atom. The molecule has 2 amide bonds. The lowest BCUT2D eigenvalue weighted by Gasteiger charge is -2.22. The monoisotopic (exact) mass is 480 g/mol. The SMILES string of the molecule is CCC[C@@H](NC(=O)OCC1c2ccccc2-c2ccccc21)C(=O)NC[C@H](CC(=O)O)CC(C)C. The summed E-state index contributed by atoms with van der Waals surface area (Å²) in [6, 6.07) is 15.5. The summed E-state index contributed by atoms with van der Waals surface area (Å²) in [7, 11) is 0. The van der Waals surface area contributed by atoms with Gasteiger partial charge in [0.2, 0.25) is 5.91 Å². The van der Waals surface area contributed by atoms with Crippen LogP contribution in [0.5, 0.6) is 0 Å². The van der Waals surface area contributed by atoms with E-state index in [1.165, 1.54) is 0 Å². The molecule has 0 aliphatic heterocycles. The van der Waals surface area contributed by atoms with Crippen molar-refractivity contribution in [3.63, 3.8) is 0 Å². The van der Waals surface area contributed by atoms with E-state index in [-0.39, 0.29) is 37.3 Å². The van der Waals surface area contributed by atoms with Crippen molar-refractivity contribution < 1.29 is 24.2 Å². The van der Waals surface area contributed by atoms with Crippen LogP contribution in [0, 0.1) is 11.8 Å². The number of hydrogen-bond donors (Lipinski definition) is 3. The summed E-state index contributed by atoms with van der Waals surface area (Å²) in [5.74, 6) is -1.10.